The zero-order valence-electron chi connectivity index (χ0n) is 14.6. The minimum absolute atomic E-state index is 0.0775. The molecule has 27 heavy (non-hydrogen) atoms. The molecule has 0 atom stereocenters. The van der Waals surface area contributed by atoms with Crippen LogP contribution >= 0.6 is 23.4 Å². The quantitative estimate of drug-likeness (QED) is 0.238. The molecule has 3 aromatic carbocycles. The number of benzene rings is 3. The molecule has 0 amide bonds. The van der Waals surface area contributed by atoms with Crippen LogP contribution in [0.2, 0.25) is 5.15 Å². The number of nitrogens with zero attached hydrogens (tertiary/aromatic N) is 1. The van der Waals surface area contributed by atoms with E-state index in [9.17, 15) is 4.79 Å². The van der Waals surface area contributed by atoms with Crippen LogP contribution in [0.1, 0.15) is 15.9 Å². The number of fused-ring (bicyclic) bond motifs is 2. The van der Waals surface area contributed by atoms with Crippen molar-refractivity contribution in [2.24, 2.45) is 0 Å². The molecule has 0 aliphatic heterocycles. The number of hydrogen-bond acceptors (Lipinski definition) is 4. The average Bonchev–Trinajstić information content (AvgIpc) is 2.71. The average molecular weight is 394 g/mol. The maximum Gasteiger partial charge on any atom is 0.339 e. The molecule has 0 saturated heterocycles. The van der Waals surface area contributed by atoms with Crippen molar-refractivity contribution < 1.29 is 9.53 Å². The van der Waals surface area contributed by atoms with E-state index in [0.29, 0.717) is 16.3 Å². The maximum absolute atomic E-state index is 12.6. The van der Waals surface area contributed by atoms with Gasteiger partial charge in [-0.05, 0) is 41.3 Å². The molecule has 0 unspecified atom stereocenters. The first-order chi connectivity index (χ1) is 13.2. The summed E-state index contributed by atoms with van der Waals surface area (Å²) in [5, 5.41) is 3.19. The lowest BCUT2D eigenvalue weighted by Gasteiger charge is -2.10. The summed E-state index contributed by atoms with van der Waals surface area (Å²) in [5.41, 5.74) is 2.06. The van der Waals surface area contributed by atoms with Gasteiger partial charge in [-0.1, -0.05) is 54.1 Å². The van der Waals surface area contributed by atoms with Crippen LogP contribution in [0.25, 0.3) is 21.7 Å². The monoisotopic (exact) mass is 393 g/mol. The highest BCUT2D eigenvalue weighted by atomic mass is 35.5. The summed E-state index contributed by atoms with van der Waals surface area (Å²) in [6, 6.07) is 21.3. The van der Waals surface area contributed by atoms with E-state index in [2.05, 4.69) is 4.98 Å². The fourth-order valence-corrected chi connectivity index (χ4v) is 3.65. The molecular formula is C22H16ClNO2S. The predicted molar refractivity (Wildman–Crippen MR) is 112 cm³/mol. The summed E-state index contributed by atoms with van der Waals surface area (Å²) in [6.07, 6.45) is 2.02. The lowest BCUT2D eigenvalue weighted by Crippen LogP contribution is -2.06. The summed E-state index contributed by atoms with van der Waals surface area (Å²) >= 11 is 7.97. The third-order valence-electron chi connectivity index (χ3n) is 4.42. The highest BCUT2D eigenvalue weighted by Crippen LogP contribution is 2.26. The van der Waals surface area contributed by atoms with E-state index in [0.717, 1.165) is 26.6 Å². The first-order valence-corrected chi connectivity index (χ1v) is 10.0. The Morgan fingerprint density at radius 2 is 1.85 bits per heavy atom. The standard InChI is InChI=1S/C22H16ClNO2S/c1-27-17-10-9-15-11-16(21(23)24-20(15)12-17)13-26-22(25)19-8-4-6-14-5-2-3-7-18(14)19/h2-12H,13H2,1H3. The molecule has 0 spiro atoms. The van der Waals surface area contributed by atoms with E-state index in [-0.39, 0.29) is 12.6 Å². The van der Waals surface area contributed by atoms with Crippen molar-refractivity contribution in [1.29, 1.82) is 0 Å². The zero-order valence-corrected chi connectivity index (χ0v) is 16.2. The van der Waals surface area contributed by atoms with Crippen molar-refractivity contribution in [3.63, 3.8) is 0 Å². The predicted octanol–water partition coefficient (Wildman–Crippen LogP) is 6.12. The molecule has 134 valence electrons. The maximum atomic E-state index is 12.6. The summed E-state index contributed by atoms with van der Waals surface area (Å²) in [4.78, 5) is 18.2. The Balaban J connectivity index is 1.59. The van der Waals surface area contributed by atoms with Crippen molar-refractivity contribution in [2.45, 2.75) is 11.5 Å². The van der Waals surface area contributed by atoms with Crippen LogP contribution in [0.3, 0.4) is 0 Å². The van der Waals surface area contributed by atoms with E-state index >= 15 is 0 Å². The molecule has 0 bridgehead atoms. The van der Waals surface area contributed by atoms with Crippen LogP contribution in [0.5, 0.6) is 0 Å². The lowest BCUT2D eigenvalue weighted by atomic mass is 10.0. The van der Waals surface area contributed by atoms with E-state index in [1.807, 2.05) is 66.9 Å². The lowest BCUT2D eigenvalue weighted by molar-refractivity contribution is 0.0475. The van der Waals surface area contributed by atoms with Gasteiger partial charge >= 0.3 is 5.97 Å². The van der Waals surface area contributed by atoms with E-state index < -0.39 is 0 Å². The number of ether oxygens (including phenoxy) is 1. The van der Waals surface area contributed by atoms with Gasteiger partial charge in [0.2, 0.25) is 0 Å². The van der Waals surface area contributed by atoms with Gasteiger partial charge in [0, 0.05) is 15.8 Å². The van der Waals surface area contributed by atoms with Crippen LogP contribution in [-0.4, -0.2) is 17.2 Å². The molecule has 1 heterocycles. The molecule has 0 aliphatic carbocycles. The SMILES string of the molecule is CSc1ccc2cc(COC(=O)c3cccc4ccccc34)c(Cl)nc2c1. The number of pyridine rings is 1. The normalized spacial score (nSPS) is 11.0. The summed E-state index contributed by atoms with van der Waals surface area (Å²) in [7, 11) is 0. The molecule has 4 aromatic rings. The van der Waals surface area contributed by atoms with E-state index in [4.69, 9.17) is 16.3 Å². The van der Waals surface area contributed by atoms with Gasteiger partial charge in [-0.2, -0.15) is 0 Å². The number of halogens is 1. The van der Waals surface area contributed by atoms with Crippen molar-refractivity contribution >= 4 is 51.0 Å². The highest BCUT2D eigenvalue weighted by molar-refractivity contribution is 7.98. The number of hydrogen-bond donors (Lipinski definition) is 0. The van der Waals surface area contributed by atoms with Crippen molar-refractivity contribution in [3.05, 3.63) is 83.0 Å². The second-order valence-electron chi connectivity index (χ2n) is 6.10. The topological polar surface area (TPSA) is 39.2 Å². The third-order valence-corrected chi connectivity index (χ3v) is 5.47. The highest BCUT2D eigenvalue weighted by Gasteiger charge is 2.13. The fourth-order valence-electron chi connectivity index (χ4n) is 3.02. The Kier molecular flexibility index (Phi) is 5.01. The van der Waals surface area contributed by atoms with Crippen LogP contribution in [0, 0.1) is 0 Å². The Bertz CT molecular complexity index is 1150. The molecule has 5 heteroatoms. The zero-order chi connectivity index (χ0) is 18.8. The number of thioether (sulfide) groups is 1. The summed E-state index contributed by atoms with van der Waals surface area (Å²) < 4.78 is 5.53. The Hall–Kier alpha value is -2.56. The molecule has 0 fully saturated rings. The van der Waals surface area contributed by atoms with Gasteiger partial charge in [0.05, 0.1) is 11.1 Å². The first-order valence-electron chi connectivity index (χ1n) is 8.44. The van der Waals surface area contributed by atoms with Crippen molar-refractivity contribution in [1.82, 2.24) is 4.98 Å². The van der Waals surface area contributed by atoms with Gasteiger partial charge in [0.15, 0.2) is 0 Å². The van der Waals surface area contributed by atoms with Gasteiger partial charge in [-0.15, -0.1) is 11.8 Å². The summed E-state index contributed by atoms with van der Waals surface area (Å²) in [5.74, 6) is -0.374. The second kappa shape index (κ2) is 7.59. The number of aromatic nitrogens is 1. The van der Waals surface area contributed by atoms with E-state index in [1.54, 1.807) is 17.8 Å². The van der Waals surface area contributed by atoms with Gasteiger partial charge in [0.1, 0.15) is 11.8 Å². The molecule has 1 aromatic heterocycles. The van der Waals surface area contributed by atoms with Crippen molar-refractivity contribution in [2.75, 3.05) is 6.26 Å². The number of carbonyl (C=O) groups excluding carboxylic acids is 1. The summed E-state index contributed by atoms with van der Waals surface area (Å²) in [6.45, 7) is 0.0775. The first kappa shape index (κ1) is 17.8. The number of esters is 1. The van der Waals surface area contributed by atoms with Crippen LogP contribution in [0.4, 0.5) is 0 Å². The van der Waals surface area contributed by atoms with Crippen molar-refractivity contribution in [3.8, 4) is 0 Å². The van der Waals surface area contributed by atoms with Gasteiger partial charge in [0.25, 0.3) is 0 Å². The fraction of sp³-hybridized carbons (Fsp3) is 0.0909. The van der Waals surface area contributed by atoms with Crippen LogP contribution in [-0.2, 0) is 11.3 Å². The Morgan fingerprint density at radius 1 is 1.04 bits per heavy atom. The molecule has 4 rings (SSSR count). The number of rotatable bonds is 4. The molecule has 3 nitrogen and oxygen atoms in total. The molecular weight excluding hydrogens is 378 g/mol. The van der Waals surface area contributed by atoms with E-state index in [1.165, 1.54) is 0 Å². The minimum Gasteiger partial charge on any atom is -0.457 e. The van der Waals surface area contributed by atoms with Gasteiger partial charge in [-0.3, -0.25) is 0 Å². The van der Waals surface area contributed by atoms with Gasteiger partial charge in [-0.25, -0.2) is 9.78 Å². The third kappa shape index (κ3) is 3.64. The molecule has 0 radical (unpaired) electrons. The number of carbonyl (C=O) groups is 1. The molecule has 0 N–H and O–H groups in total. The Labute approximate surface area is 166 Å². The Morgan fingerprint density at radius 3 is 2.70 bits per heavy atom. The largest absolute Gasteiger partial charge is 0.457 e. The van der Waals surface area contributed by atoms with Crippen LogP contribution < -0.4 is 0 Å². The molecule has 0 saturated carbocycles. The second-order valence-corrected chi connectivity index (χ2v) is 7.34. The van der Waals surface area contributed by atoms with Gasteiger partial charge < -0.3 is 4.74 Å². The smallest absolute Gasteiger partial charge is 0.339 e. The van der Waals surface area contributed by atoms with Crippen LogP contribution in [0.15, 0.2) is 71.6 Å². The minimum atomic E-state index is -0.374. The molecule has 0 aliphatic rings.